The number of benzene rings is 2. The summed E-state index contributed by atoms with van der Waals surface area (Å²) in [4.78, 5) is 29.4. The molecule has 1 amide bonds. The molecule has 0 spiro atoms. The number of aryl methyl sites for hydroxylation is 1. The number of rotatable bonds is 5. The van der Waals surface area contributed by atoms with Crippen molar-refractivity contribution in [3.8, 4) is 11.5 Å². The Hall–Kier alpha value is -2.65. The molecule has 7 nitrogen and oxygen atoms in total. The van der Waals surface area contributed by atoms with Crippen LogP contribution in [0.5, 0.6) is 11.5 Å². The van der Waals surface area contributed by atoms with E-state index in [1.807, 2.05) is 16.7 Å². The summed E-state index contributed by atoms with van der Waals surface area (Å²) in [5.41, 5.74) is 1.31. The Morgan fingerprint density at radius 2 is 1.93 bits per heavy atom. The third-order valence-electron chi connectivity index (χ3n) is 4.31. The Balaban J connectivity index is 1.76. The number of amides is 1. The van der Waals surface area contributed by atoms with E-state index in [4.69, 9.17) is 14.2 Å². The predicted molar refractivity (Wildman–Crippen MR) is 111 cm³/mol. The maximum atomic E-state index is 12.7. The predicted octanol–water partition coefficient (Wildman–Crippen LogP) is 3.89. The van der Waals surface area contributed by atoms with Crippen molar-refractivity contribution in [2.75, 3.05) is 13.4 Å². The minimum absolute atomic E-state index is 0.174. The fourth-order valence-corrected chi connectivity index (χ4v) is 4.27. The fraction of sp³-hybridized carbons (Fsp3) is 0.250. The molecule has 0 N–H and O–H groups in total. The molecule has 150 valence electrons. The minimum Gasteiger partial charge on any atom is -0.466 e. The zero-order chi connectivity index (χ0) is 20.4. The molecule has 0 radical (unpaired) electrons. The first-order valence-electron chi connectivity index (χ1n) is 8.98. The van der Waals surface area contributed by atoms with Crippen molar-refractivity contribution in [3.63, 3.8) is 0 Å². The molecule has 0 fully saturated rings. The minimum atomic E-state index is -0.353. The second kappa shape index (κ2) is 8.38. The Labute approximate surface area is 178 Å². The fourth-order valence-electron chi connectivity index (χ4n) is 2.94. The van der Waals surface area contributed by atoms with Crippen LogP contribution in [-0.2, 0) is 16.1 Å². The van der Waals surface area contributed by atoms with Crippen LogP contribution < -0.4 is 14.3 Å². The maximum absolute atomic E-state index is 12.7. The van der Waals surface area contributed by atoms with Crippen molar-refractivity contribution in [3.05, 3.63) is 51.2 Å². The average Bonchev–Trinajstić information content (AvgIpc) is 3.28. The van der Waals surface area contributed by atoms with Gasteiger partial charge in [-0.05, 0) is 31.2 Å². The second-order valence-corrected chi connectivity index (χ2v) is 8.11. The summed E-state index contributed by atoms with van der Waals surface area (Å²) in [5.74, 6) is 0.632. The molecule has 3 aromatic rings. The first-order chi connectivity index (χ1) is 14.0. The molecule has 2 heterocycles. The third kappa shape index (κ3) is 4.20. The molecule has 0 atom stereocenters. The van der Waals surface area contributed by atoms with Crippen LogP contribution in [0, 0.1) is 0 Å². The van der Waals surface area contributed by atoms with Crippen LogP contribution >= 0.6 is 27.3 Å². The highest BCUT2D eigenvalue weighted by Gasteiger charge is 2.18. The van der Waals surface area contributed by atoms with Crippen LogP contribution in [0.4, 0.5) is 0 Å². The number of thiazole rings is 1. The largest absolute Gasteiger partial charge is 0.466 e. The van der Waals surface area contributed by atoms with Crippen LogP contribution in [0.25, 0.3) is 10.2 Å². The second-order valence-electron chi connectivity index (χ2n) is 6.19. The third-order valence-corrected chi connectivity index (χ3v) is 5.88. The lowest BCUT2D eigenvalue weighted by atomic mass is 10.2. The van der Waals surface area contributed by atoms with Gasteiger partial charge in [-0.3, -0.25) is 9.59 Å². The molecule has 0 saturated heterocycles. The van der Waals surface area contributed by atoms with E-state index in [-0.39, 0.29) is 25.1 Å². The molecule has 0 aliphatic carbocycles. The van der Waals surface area contributed by atoms with Crippen molar-refractivity contribution in [1.29, 1.82) is 0 Å². The molecule has 0 unspecified atom stereocenters. The standard InChI is InChI=1S/C20H17BrN2O5S/c1-2-26-18(24)7-8-23-14-9-15-16(28-11-27-15)10-17(14)29-20(23)22-19(25)12-3-5-13(21)6-4-12/h3-6,9-10H,2,7-8,11H2,1H3. The van der Waals surface area contributed by atoms with Crippen LogP contribution in [-0.4, -0.2) is 29.8 Å². The van der Waals surface area contributed by atoms with Crippen molar-refractivity contribution in [2.24, 2.45) is 4.99 Å². The first-order valence-corrected chi connectivity index (χ1v) is 10.6. The smallest absolute Gasteiger partial charge is 0.307 e. The van der Waals surface area contributed by atoms with Gasteiger partial charge in [0, 0.05) is 28.7 Å². The van der Waals surface area contributed by atoms with Gasteiger partial charge in [0.15, 0.2) is 16.3 Å². The highest BCUT2D eigenvalue weighted by atomic mass is 79.9. The molecule has 2 aromatic carbocycles. The molecule has 1 aliphatic heterocycles. The molecule has 4 rings (SSSR count). The van der Waals surface area contributed by atoms with Gasteiger partial charge in [0.25, 0.3) is 5.91 Å². The number of aromatic nitrogens is 1. The van der Waals surface area contributed by atoms with Crippen LogP contribution in [0.2, 0.25) is 0 Å². The molecule has 1 aromatic heterocycles. The highest BCUT2D eigenvalue weighted by Crippen LogP contribution is 2.37. The number of halogens is 1. The Bertz CT molecular complexity index is 1150. The van der Waals surface area contributed by atoms with Gasteiger partial charge < -0.3 is 18.8 Å². The summed E-state index contributed by atoms with van der Waals surface area (Å²) in [7, 11) is 0. The van der Waals surface area contributed by atoms with E-state index in [2.05, 4.69) is 20.9 Å². The van der Waals surface area contributed by atoms with Gasteiger partial charge in [-0.25, -0.2) is 0 Å². The van der Waals surface area contributed by atoms with Gasteiger partial charge in [-0.1, -0.05) is 27.3 Å². The number of carbonyl (C=O) groups is 2. The first kappa shape index (κ1) is 19.7. The van der Waals surface area contributed by atoms with Crippen molar-refractivity contribution in [1.82, 2.24) is 4.57 Å². The normalized spacial score (nSPS) is 13.1. The number of hydrogen-bond donors (Lipinski definition) is 0. The van der Waals surface area contributed by atoms with Gasteiger partial charge in [-0.2, -0.15) is 4.99 Å². The number of nitrogens with zero attached hydrogens (tertiary/aromatic N) is 2. The number of fused-ring (bicyclic) bond motifs is 2. The van der Waals surface area contributed by atoms with Gasteiger partial charge in [-0.15, -0.1) is 0 Å². The summed E-state index contributed by atoms with van der Waals surface area (Å²) >= 11 is 4.72. The lowest BCUT2D eigenvalue weighted by molar-refractivity contribution is -0.143. The Morgan fingerprint density at radius 1 is 1.21 bits per heavy atom. The molecule has 1 aliphatic rings. The van der Waals surface area contributed by atoms with Gasteiger partial charge in [0.2, 0.25) is 6.79 Å². The van der Waals surface area contributed by atoms with Crippen LogP contribution in [0.1, 0.15) is 23.7 Å². The van der Waals surface area contributed by atoms with Crippen molar-refractivity contribution in [2.45, 2.75) is 19.9 Å². The zero-order valence-electron chi connectivity index (χ0n) is 15.5. The zero-order valence-corrected chi connectivity index (χ0v) is 17.9. The Kier molecular flexibility index (Phi) is 5.68. The van der Waals surface area contributed by atoms with Crippen molar-refractivity contribution < 1.29 is 23.8 Å². The van der Waals surface area contributed by atoms with Crippen molar-refractivity contribution >= 4 is 49.4 Å². The summed E-state index contributed by atoms with van der Waals surface area (Å²) < 4.78 is 19.6. The molecule has 0 saturated carbocycles. The van der Waals surface area contributed by atoms with Gasteiger partial charge in [0.1, 0.15) is 0 Å². The van der Waals surface area contributed by atoms with E-state index in [1.54, 1.807) is 31.2 Å². The monoisotopic (exact) mass is 476 g/mol. The lowest BCUT2D eigenvalue weighted by Crippen LogP contribution is -2.19. The summed E-state index contributed by atoms with van der Waals surface area (Å²) in [5, 5.41) is 0. The van der Waals surface area contributed by atoms with E-state index in [9.17, 15) is 9.59 Å². The summed E-state index contributed by atoms with van der Waals surface area (Å²) in [6.45, 7) is 2.61. The Morgan fingerprint density at radius 3 is 2.66 bits per heavy atom. The lowest BCUT2D eigenvalue weighted by Gasteiger charge is -2.06. The SMILES string of the molecule is CCOC(=O)CCn1c(=NC(=O)c2ccc(Br)cc2)sc2cc3c(cc21)OCO3. The van der Waals surface area contributed by atoms with Gasteiger partial charge in [0.05, 0.1) is 23.2 Å². The van der Waals surface area contributed by atoms with Gasteiger partial charge >= 0.3 is 5.97 Å². The molecular formula is C20H17BrN2O5S. The maximum Gasteiger partial charge on any atom is 0.307 e. The van der Waals surface area contributed by atoms with E-state index in [1.165, 1.54) is 11.3 Å². The average molecular weight is 477 g/mol. The van der Waals surface area contributed by atoms with E-state index in [0.717, 1.165) is 14.7 Å². The van der Waals surface area contributed by atoms with Crippen LogP contribution in [0.15, 0.2) is 45.9 Å². The molecule has 29 heavy (non-hydrogen) atoms. The quantitative estimate of drug-likeness (QED) is 0.521. The number of ether oxygens (including phenoxy) is 3. The topological polar surface area (TPSA) is 79.1 Å². The summed E-state index contributed by atoms with van der Waals surface area (Å²) in [6, 6.07) is 10.7. The number of carbonyl (C=O) groups excluding carboxylic acids is 2. The van der Waals surface area contributed by atoms with E-state index < -0.39 is 0 Å². The molecule has 9 heteroatoms. The van der Waals surface area contributed by atoms with Crippen LogP contribution in [0.3, 0.4) is 0 Å². The summed E-state index contributed by atoms with van der Waals surface area (Å²) in [6.07, 6.45) is 0.174. The number of esters is 1. The molecular weight excluding hydrogens is 460 g/mol. The number of hydrogen-bond acceptors (Lipinski definition) is 6. The van der Waals surface area contributed by atoms with E-state index in [0.29, 0.717) is 35.0 Å². The van der Waals surface area contributed by atoms with E-state index >= 15 is 0 Å². The molecule has 0 bridgehead atoms. The highest BCUT2D eigenvalue weighted by molar-refractivity contribution is 9.10.